The van der Waals surface area contributed by atoms with Crippen LogP contribution in [-0.2, 0) is 4.79 Å². The summed E-state index contributed by atoms with van der Waals surface area (Å²) >= 11 is 0. The zero-order valence-electron chi connectivity index (χ0n) is 17.0. The van der Waals surface area contributed by atoms with Gasteiger partial charge in [0.05, 0.1) is 11.6 Å². The topological polar surface area (TPSA) is 48.5 Å². The number of benzene rings is 3. The molecule has 0 bridgehead atoms. The predicted molar refractivity (Wildman–Crippen MR) is 122 cm³/mol. The Hall–Kier alpha value is -3.66. The minimum Gasteiger partial charge on any atom is -0.361 e. The molecule has 1 aliphatic heterocycles. The molecule has 3 aromatic carbocycles. The van der Waals surface area contributed by atoms with Crippen LogP contribution in [0.25, 0.3) is 10.9 Å². The molecule has 4 heteroatoms. The van der Waals surface area contributed by atoms with E-state index in [2.05, 4.69) is 53.4 Å². The van der Waals surface area contributed by atoms with E-state index < -0.39 is 0 Å². The predicted octanol–water partition coefficient (Wildman–Crippen LogP) is 5.65. The van der Waals surface area contributed by atoms with Crippen molar-refractivity contribution in [1.82, 2.24) is 4.98 Å². The normalized spacial score (nSPS) is 17.4. The number of fused-ring (bicyclic) bond motifs is 1. The van der Waals surface area contributed by atoms with Crippen molar-refractivity contribution in [2.75, 3.05) is 5.01 Å². The van der Waals surface area contributed by atoms with Gasteiger partial charge in [-0.3, -0.25) is 4.79 Å². The second-order valence-corrected chi connectivity index (χ2v) is 7.88. The molecule has 0 aliphatic carbocycles. The van der Waals surface area contributed by atoms with Crippen LogP contribution in [0.3, 0.4) is 0 Å². The van der Waals surface area contributed by atoms with Crippen LogP contribution in [0.2, 0.25) is 0 Å². The molecular weight excluding hydrogens is 370 g/mol. The molecule has 0 saturated heterocycles. The van der Waals surface area contributed by atoms with Crippen molar-refractivity contribution in [3.8, 4) is 0 Å². The van der Waals surface area contributed by atoms with Crippen molar-refractivity contribution in [1.29, 1.82) is 0 Å². The number of carbonyl (C=O) groups excluding carboxylic acids is 1. The molecule has 4 nitrogen and oxygen atoms in total. The number of rotatable bonds is 4. The Morgan fingerprint density at radius 2 is 1.60 bits per heavy atom. The van der Waals surface area contributed by atoms with Crippen LogP contribution in [-0.4, -0.2) is 16.6 Å². The summed E-state index contributed by atoms with van der Waals surface area (Å²) < 4.78 is 0. The van der Waals surface area contributed by atoms with Crippen molar-refractivity contribution < 1.29 is 4.79 Å². The van der Waals surface area contributed by atoms with Crippen molar-refractivity contribution in [3.05, 3.63) is 102 Å². The van der Waals surface area contributed by atoms with Crippen LogP contribution >= 0.6 is 0 Å². The Kier molecular flexibility index (Phi) is 4.47. The fourth-order valence-electron chi connectivity index (χ4n) is 4.39. The van der Waals surface area contributed by atoms with Crippen molar-refractivity contribution in [2.45, 2.75) is 19.8 Å². The van der Waals surface area contributed by atoms with Crippen LogP contribution < -0.4 is 5.01 Å². The second-order valence-electron chi connectivity index (χ2n) is 7.88. The molecule has 30 heavy (non-hydrogen) atoms. The highest BCUT2D eigenvalue weighted by molar-refractivity contribution is 6.16. The van der Waals surface area contributed by atoms with Crippen LogP contribution in [0.5, 0.6) is 0 Å². The quantitative estimate of drug-likeness (QED) is 0.479. The molecule has 1 aliphatic rings. The highest BCUT2D eigenvalue weighted by Crippen LogP contribution is 2.41. The highest BCUT2D eigenvalue weighted by Gasteiger charge is 2.42. The number of H-pyrrole nitrogens is 1. The van der Waals surface area contributed by atoms with E-state index in [4.69, 9.17) is 0 Å². The number of hydrogen-bond acceptors (Lipinski definition) is 2. The van der Waals surface area contributed by atoms with E-state index in [1.165, 1.54) is 5.56 Å². The van der Waals surface area contributed by atoms with Gasteiger partial charge >= 0.3 is 0 Å². The van der Waals surface area contributed by atoms with Gasteiger partial charge in [-0.1, -0.05) is 66.2 Å². The Labute approximate surface area is 175 Å². The smallest absolute Gasteiger partial charge is 0.257 e. The Morgan fingerprint density at radius 1 is 0.900 bits per heavy atom. The monoisotopic (exact) mass is 393 g/mol. The first kappa shape index (κ1) is 18.4. The minimum absolute atomic E-state index is 0.00885. The first-order chi connectivity index (χ1) is 14.6. The summed E-state index contributed by atoms with van der Waals surface area (Å²) in [6.07, 6.45) is 2.04. The Balaban J connectivity index is 1.65. The number of amides is 1. The lowest BCUT2D eigenvalue weighted by molar-refractivity contribution is -0.120. The largest absolute Gasteiger partial charge is 0.361 e. The average Bonchev–Trinajstić information content (AvgIpc) is 3.32. The van der Waals surface area contributed by atoms with Gasteiger partial charge in [-0.05, 0) is 43.2 Å². The molecule has 1 aromatic heterocycles. The maximum atomic E-state index is 13.6. The number of hydrogen-bond donors (Lipinski definition) is 1. The van der Waals surface area contributed by atoms with E-state index in [9.17, 15) is 4.79 Å². The number of para-hydroxylation sites is 2. The number of aromatic amines is 1. The third-order valence-corrected chi connectivity index (χ3v) is 5.91. The molecule has 2 unspecified atom stereocenters. The van der Waals surface area contributed by atoms with Gasteiger partial charge in [0.25, 0.3) is 5.91 Å². The van der Waals surface area contributed by atoms with Gasteiger partial charge in [-0.25, -0.2) is 5.01 Å². The van der Waals surface area contributed by atoms with Gasteiger partial charge < -0.3 is 4.98 Å². The first-order valence-corrected chi connectivity index (χ1v) is 10.2. The molecule has 1 N–H and O–H groups in total. The lowest BCUT2D eigenvalue weighted by Gasteiger charge is -2.24. The molecule has 0 saturated carbocycles. The van der Waals surface area contributed by atoms with Crippen molar-refractivity contribution in [3.63, 3.8) is 0 Å². The van der Waals surface area contributed by atoms with Crippen LogP contribution in [0.1, 0.15) is 29.5 Å². The molecule has 0 radical (unpaired) electrons. The van der Waals surface area contributed by atoms with Crippen LogP contribution in [0, 0.1) is 12.8 Å². The fraction of sp³-hybridized carbons (Fsp3) is 0.154. The summed E-state index contributed by atoms with van der Waals surface area (Å²) in [5.41, 5.74) is 6.14. The number of anilines is 1. The van der Waals surface area contributed by atoms with E-state index in [-0.39, 0.29) is 17.7 Å². The molecule has 1 amide bonds. The summed E-state index contributed by atoms with van der Waals surface area (Å²) in [5.74, 6) is -0.464. The SMILES string of the molecule is CC1=NN(c2ccccc2)C(=O)C1C(c1ccc(C)cc1)c1c[nH]c2ccccc12. The Bertz CT molecular complexity index is 1240. The third-order valence-electron chi connectivity index (χ3n) is 5.91. The second kappa shape index (κ2) is 7.30. The first-order valence-electron chi connectivity index (χ1n) is 10.2. The summed E-state index contributed by atoms with van der Waals surface area (Å²) in [7, 11) is 0. The van der Waals surface area contributed by atoms with E-state index in [0.717, 1.165) is 33.4 Å². The lowest BCUT2D eigenvalue weighted by atomic mass is 9.78. The fourth-order valence-corrected chi connectivity index (χ4v) is 4.39. The maximum absolute atomic E-state index is 13.6. The maximum Gasteiger partial charge on any atom is 0.257 e. The summed E-state index contributed by atoms with van der Waals surface area (Å²) in [6, 6.07) is 26.4. The van der Waals surface area contributed by atoms with Gasteiger partial charge in [0, 0.05) is 28.7 Å². The molecule has 5 rings (SSSR count). The third kappa shape index (κ3) is 3.01. The molecule has 2 heterocycles. The number of aromatic nitrogens is 1. The van der Waals surface area contributed by atoms with Crippen molar-refractivity contribution >= 4 is 28.2 Å². The standard InChI is InChI=1S/C26H23N3O/c1-17-12-14-19(15-13-17)25(22-16-27-23-11-7-6-10-21(22)23)24-18(2)28-29(26(24)30)20-8-4-3-5-9-20/h3-16,24-25,27H,1-2H3. The molecule has 2 atom stereocenters. The number of nitrogens with one attached hydrogen (secondary N) is 1. The minimum atomic E-state index is -0.355. The average molecular weight is 393 g/mol. The summed E-state index contributed by atoms with van der Waals surface area (Å²) in [4.78, 5) is 17.0. The van der Waals surface area contributed by atoms with E-state index in [1.807, 2.05) is 55.6 Å². The number of nitrogens with zero attached hydrogens (tertiary/aromatic N) is 2. The van der Waals surface area contributed by atoms with E-state index in [1.54, 1.807) is 5.01 Å². The highest BCUT2D eigenvalue weighted by atomic mass is 16.2. The van der Waals surface area contributed by atoms with Crippen LogP contribution in [0.4, 0.5) is 5.69 Å². The molecule has 0 spiro atoms. The van der Waals surface area contributed by atoms with Gasteiger partial charge in [-0.2, -0.15) is 5.10 Å². The zero-order chi connectivity index (χ0) is 20.7. The van der Waals surface area contributed by atoms with Gasteiger partial charge in [0.2, 0.25) is 0 Å². The molecule has 4 aromatic rings. The van der Waals surface area contributed by atoms with Gasteiger partial charge in [0.1, 0.15) is 0 Å². The van der Waals surface area contributed by atoms with E-state index in [0.29, 0.717) is 0 Å². The Morgan fingerprint density at radius 3 is 2.37 bits per heavy atom. The number of aryl methyl sites for hydroxylation is 1. The lowest BCUT2D eigenvalue weighted by Crippen LogP contribution is -2.32. The molecular formula is C26H23N3O. The summed E-state index contributed by atoms with van der Waals surface area (Å²) in [5, 5.41) is 7.36. The van der Waals surface area contributed by atoms with Gasteiger partial charge in [-0.15, -0.1) is 0 Å². The van der Waals surface area contributed by atoms with Crippen LogP contribution in [0.15, 0.2) is 90.2 Å². The number of carbonyl (C=O) groups is 1. The summed E-state index contributed by atoms with van der Waals surface area (Å²) in [6.45, 7) is 4.04. The number of hydrazone groups is 1. The molecule has 148 valence electrons. The van der Waals surface area contributed by atoms with Crippen molar-refractivity contribution in [2.24, 2.45) is 11.0 Å². The molecule has 0 fully saturated rings. The van der Waals surface area contributed by atoms with Gasteiger partial charge in [0.15, 0.2) is 0 Å². The zero-order valence-corrected chi connectivity index (χ0v) is 17.0. The van der Waals surface area contributed by atoms with E-state index >= 15 is 0 Å².